The van der Waals surface area contributed by atoms with E-state index in [1.54, 1.807) is 36.4 Å². The van der Waals surface area contributed by atoms with Gasteiger partial charge >= 0.3 is 0 Å². The SMILES string of the molecule is C=C(N=C(OC)c1nnn(-c2ccccc2F)c1C(C)C)c1ccccc1F. The molecule has 0 saturated carbocycles. The number of para-hydroxylation sites is 1. The first-order valence-electron chi connectivity index (χ1n) is 8.71. The van der Waals surface area contributed by atoms with Crippen molar-refractivity contribution in [3.8, 4) is 5.69 Å². The highest BCUT2D eigenvalue weighted by atomic mass is 19.1. The predicted octanol–water partition coefficient (Wildman–Crippen LogP) is 4.73. The second-order valence-corrected chi connectivity index (χ2v) is 6.39. The average Bonchev–Trinajstić information content (AvgIpc) is 3.11. The maximum absolute atomic E-state index is 14.3. The fraction of sp³-hybridized carbons (Fsp3) is 0.190. The van der Waals surface area contributed by atoms with Crippen LogP contribution in [0.15, 0.2) is 60.1 Å². The Bertz CT molecular complexity index is 1040. The van der Waals surface area contributed by atoms with E-state index in [1.165, 1.54) is 23.9 Å². The van der Waals surface area contributed by atoms with E-state index < -0.39 is 11.6 Å². The van der Waals surface area contributed by atoms with Gasteiger partial charge in [-0.05, 0) is 30.2 Å². The van der Waals surface area contributed by atoms with Crippen molar-refractivity contribution in [3.05, 3.63) is 83.7 Å². The zero-order chi connectivity index (χ0) is 20.3. The standard InChI is InChI=1S/C21H20F2N4O/c1-13(2)20-19(25-26-27(20)18-12-8-7-11-17(18)23)21(28-4)24-14(3)15-9-5-6-10-16(15)22/h5-13H,3H2,1-2,4H3. The van der Waals surface area contributed by atoms with Crippen molar-refractivity contribution < 1.29 is 13.5 Å². The highest BCUT2D eigenvalue weighted by Crippen LogP contribution is 2.25. The summed E-state index contributed by atoms with van der Waals surface area (Å²) >= 11 is 0. The highest BCUT2D eigenvalue weighted by molar-refractivity contribution is 5.96. The first-order chi connectivity index (χ1) is 13.4. The maximum atomic E-state index is 14.3. The van der Waals surface area contributed by atoms with E-state index in [0.29, 0.717) is 11.4 Å². The van der Waals surface area contributed by atoms with Gasteiger partial charge in [0.05, 0.1) is 18.5 Å². The molecule has 7 heteroatoms. The molecule has 0 spiro atoms. The minimum atomic E-state index is -0.439. The molecule has 3 aromatic rings. The quantitative estimate of drug-likeness (QED) is 0.473. The van der Waals surface area contributed by atoms with Crippen LogP contribution < -0.4 is 0 Å². The lowest BCUT2D eigenvalue weighted by atomic mass is 10.1. The van der Waals surface area contributed by atoms with Gasteiger partial charge in [0.1, 0.15) is 17.3 Å². The molecular formula is C21H20F2N4O. The molecule has 3 rings (SSSR count). The molecule has 0 unspecified atom stereocenters. The van der Waals surface area contributed by atoms with Gasteiger partial charge in [-0.2, -0.15) is 0 Å². The molecule has 1 aromatic heterocycles. The lowest BCUT2D eigenvalue weighted by Crippen LogP contribution is -2.12. The number of aliphatic imine (C=N–C) groups is 1. The molecule has 5 nitrogen and oxygen atoms in total. The van der Waals surface area contributed by atoms with Gasteiger partial charge in [0, 0.05) is 5.56 Å². The summed E-state index contributed by atoms with van der Waals surface area (Å²) in [6.45, 7) is 7.69. The minimum absolute atomic E-state index is 0.0633. The average molecular weight is 382 g/mol. The van der Waals surface area contributed by atoms with Crippen LogP contribution in [0.3, 0.4) is 0 Å². The molecule has 1 heterocycles. The van der Waals surface area contributed by atoms with Crippen LogP contribution in [0, 0.1) is 11.6 Å². The molecule has 0 saturated heterocycles. The molecular weight excluding hydrogens is 362 g/mol. The van der Waals surface area contributed by atoms with E-state index in [0.717, 1.165) is 0 Å². The smallest absolute Gasteiger partial charge is 0.244 e. The number of methoxy groups -OCH3 is 1. The van der Waals surface area contributed by atoms with Gasteiger partial charge in [0.2, 0.25) is 5.90 Å². The number of hydrogen-bond acceptors (Lipinski definition) is 4. The zero-order valence-corrected chi connectivity index (χ0v) is 15.9. The Morgan fingerprint density at radius 1 is 1.07 bits per heavy atom. The summed E-state index contributed by atoms with van der Waals surface area (Å²) in [5.41, 5.74) is 1.67. The molecule has 0 fully saturated rings. The van der Waals surface area contributed by atoms with E-state index >= 15 is 0 Å². The Kier molecular flexibility index (Phi) is 5.63. The van der Waals surface area contributed by atoms with Crippen LogP contribution in [0.4, 0.5) is 8.78 Å². The summed E-state index contributed by atoms with van der Waals surface area (Å²) in [5.74, 6) is -0.801. The molecule has 0 bridgehead atoms. The van der Waals surface area contributed by atoms with Crippen LogP contribution >= 0.6 is 0 Å². The third kappa shape index (κ3) is 3.69. The summed E-state index contributed by atoms with van der Waals surface area (Å²) in [5, 5.41) is 8.25. The van der Waals surface area contributed by atoms with Crippen molar-refractivity contribution >= 4 is 11.6 Å². The molecule has 0 amide bonds. The molecule has 28 heavy (non-hydrogen) atoms. The van der Waals surface area contributed by atoms with Crippen LogP contribution in [0.25, 0.3) is 11.4 Å². The number of halogens is 2. The topological polar surface area (TPSA) is 52.3 Å². The third-order valence-electron chi connectivity index (χ3n) is 4.15. The molecule has 0 aliphatic heterocycles. The fourth-order valence-electron chi connectivity index (χ4n) is 2.83. The van der Waals surface area contributed by atoms with Gasteiger partial charge in [-0.25, -0.2) is 18.5 Å². The van der Waals surface area contributed by atoms with Crippen LogP contribution in [0.1, 0.15) is 36.7 Å². The molecule has 0 N–H and O–H groups in total. The number of aromatic nitrogens is 3. The van der Waals surface area contributed by atoms with Crippen LogP contribution in [0.5, 0.6) is 0 Å². The van der Waals surface area contributed by atoms with Crippen molar-refractivity contribution in [1.29, 1.82) is 0 Å². The molecule has 0 aliphatic carbocycles. The normalized spacial score (nSPS) is 11.7. The summed E-state index contributed by atoms with van der Waals surface area (Å²) in [7, 11) is 1.43. The van der Waals surface area contributed by atoms with Gasteiger partial charge in [-0.15, -0.1) is 5.10 Å². The fourth-order valence-corrected chi connectivity index (χ4v) is 2.83. The molecule has 2 aromatic carbocycles. The Labute approximate surface area is 162 Å². The Morgan fingerprint density at radius 3 is 2.32 bits per heavy atom. The monoisotopic (exact) mass is 382 g/mol. The summed E-state index contributed by atoms with van der Waals surface area (Å²) < 4.78 is 35.1. The lowest BCUT2D eigenvalue weighted by Gasteiger charge is -2.12. The van der Waals surface area contributed by atoms with Crippen molar-refractivity contribution in [2.45, 2.75) is 19.8 Å². The number of benzene rings is 2. The van der Waals surface area contributed by atoms with Crippen molar-refractivity contribution in [2.24, 2.45) is 4.99 Å². The Hall–Kier alpha value is -3.35. The number of ether oxygens (including phenoxy) is 1. The van der Waals surface area contributed by atoms with Crippen LogP contribution in [0.2, 0.25) is 0 Å². The minimum Gasteiger partial charge on any atom is -0.479 e. The van der Waals surface area contributed by atoms with Gasteiger partial charge in [0.15, 0.2) is 5.69 Å². The van der Waals surface area contributed by atoms with E-state index in [2.05, 4.69) is 21.9 Å². The Balaban J connectivity index is 2.10. The first-order valence-corrected chi connectivity index (χ1v) is 8.71. The van der Waals surface area contributed by atoms with E-state index in [1.807, 2.05) is 13.8 Å². The second-order valence-electron chi connectivity index (χ2n) is 6.39. The third-order valence-corrected chi connectivity index (χ3v) is 4.15. The van der Waals surface area contributed by atoms with E-state index in [9.17, 15) is 8.78 Å². The number of hydrogen-bond donors (Lipinski definition) is 0. The number of rotatable bonds is 5. The van der Waals surface area contributed by atoms with Crippen molar-refractivity contribution in [3.63, 3.8) is 0 Å². The highest BCUT2D eigenvalue weighted by Gasteiger charge is 2.24. The molecule has 0 radical (unpaired) electrons. The predicted molar refractivity (Wildman–Crippen MR) is 104 cm³/mol. The Morgan fingerprint density at radius 2 is 1.71 bits per heavy atom. The van der Waals surface area contributed by atoms with Gasteiger partial charge in [-0.3, -0.25) is 0 Å². The van der Waals surface area contributed by atoms with E-state index in [-0.39, 0.29) is 28.8 Å². The van der Waals surface area contributed by atoms with Crippen LogP contribution in [-0.4, -0.2) is 28.0 Å². The largest absolute Gasteiger partial charge is 0.479 e. The maximum Gasteiger partial charge on any atom is 0.244 e. The lowest BCUT2D eigenvalue weighted by molar-refractivity contribution is 0.403. The first kappa shape index (κ1) is 19.4. The molecule has 0 atom stereocenters. The van der Waals surface area contributed by atoms with Gasteiger partial charge in [0.25, 0.3) is 0 Å². The zero-order valence-electron chi connectivity index (χ0n) is 15.9. The van der Waals surface area contributed by atoms with Gasteiger partial charge in [-0.1, -0.05) is 49.9 Å². The summed E-state index contributed by atoms with van der Waals surface area (Å²) in [4.78, 5) is 4.32. The molecule has 144 valence electrons. The summed E-state index contributed by atoms with van der Waals surface area (Å²) in [6.07, 6.45) is 0. The molecule has 0 aliphatic rings. The van der Waals surface area contributed by atoms with E-state index in [4.69, 9.17) is 4.74 Å². The van der Waals surface area contributed by atoms with Gasteiger partial charge < -0.3 is 4.74 Å². The van der Waals surface area contributed by atoms with Crippen molar-refractivity contribution in [2.75, 3.05) is 7.11 Å². The van der Waals surface area contributed by atoms with Crippen molar-refractivity contribution in [1.82, 2.24) is 15.0 Å². The van der Waals surface area contributed by atoms with Crippen LogP contribution in [-0.2, 0) is 4.74 Å². The second kappa shape index (κ2) is 8.12. The summed E-state index contributed by atoms with van der Waals surface area (Å²) in [6, 6.07) is 12.5. The number of nitrogens with zero attached hydrogens (tertiary/aromatic N) is 4.